The zero-order valence-electron chi connectivity index (χ0n) is 15.9. The number of fused-ring (bicyclic) bond motifs is 2. The molecule has 2 aliphatic heterocycles. The van der Waals surface area contributed by atoms with E-state index in [0.29, 0.717) is 13.0 Å². The molecule has 1 fully saturated rings. The molecule has 0 bridgehead atoms. The topological polar surface area (TPSA) is 57.5 Å². The van der Waals surface area contributed by atoms with Crippen LogP contribution in [-0.2, 0) is 17.9 Å². The zero-order chi connectivity index (χ0) is 19.0. The largest absolute Gasteiger partial charge is 0.460 e. The average Bonchev–Trinajstić information content (AvgIpc) is 3.10. The lowest BCUT2D eigenvalue weighted by atomic mass is 9.82. The molecule has 0 aliphatic carbocycles. The number of amides is 1. The second-order valence-electron chi connectivity index (χ2n) is 8.04. The van der Waals surface area contributed by atoms with E-state index in [1.165, 1.54) is 0 Å². The lowest BCUT2D eigenvalue weighted by Gasteiger charge is -2.43. The van der Waals surface area contributed by atoms with Crippen LogP contribution in [-0.4, -0.2) is 29.4 Å². The maximum atomic E-state index is 12.4. The van der Waals surface area contributed by atoms with Crippen molar-refractivity contribution in [3.63, 3.8) is 0 Å². The van der Waals surface area contributed by atoms with Gasteiger partial charge in [0, 0.05) is 42.7 Å². The van der Waals surface area contributed by atoms with Crippen molar-refractivity contribution in [2.24, 2.45) is 0 Å². The molecule has 1 aromatic heterocycles. The average molecular weight is 375 g/mol. The second-order valence-corrected chi connectivity index (χ2v) is 8.04. The summed E-state index contributed by atoms with van der Waals surface area (Å²) in [7, 11) is 0. The van der Waals surface area contributed by atoms with E-state index in [2.05, 4.69) is 45.9 Å². The number of benzene rings is 2. The van der Waals surface area contributed by atoms with Gasteiger partial charge in [0.25, 0.3) is 0 Å². The highest BCUT2D eigenvalue weighted by Crippen LogP contribution is 2.33. The summed E-state index contributed by atoms with van der Waals surface area (Å²) in [5.41, 5.74) is 3.07. The van der Waals surface area contributed by atoms with Crippen molar-refractivity contribution >= 4 is 22.6 Å². The third kappa shape index (κ3) is 3.38. The molecule has 1 spiro atoms. The Bertz CT molecular complexity index is 969. The Kier molecular flexibility index (Phi) is 4.32. The van der Waals surface area contributed by atoms with E-state index in [4.69, 9.17) is 4.42 Å². The molecule has 5 heteroatoms. The molecule has 5 rings (SSSR count). The molecule has 3 aromatic rings. The Balaban J connectivity index is 1.30. The third-order valence-electron chi connectivity index (χ3n) is 6.06. The van der Waals surface area contributed by atoms with E-state index in [-0.39, 0.29) is 11.4 Å². The quantitative estimate of drug-likeness (QED) is 0.713. The van der Waals surface area contributed by atoms with Gasteiger partial charge in [-0.1, -0.05) is 36.4 Å². The van der Waals surface area contributed by atoms with E-state index in [1.54, 1.807) is 0 Å². The first-order chi connectivity index (χ1) is 13.7. The number of hydrogen-bond acceptors (Lipinski definition) is 4. The molecule has 1 amide bonds. The van der Waals surface area contributed by atoms with Crippen LogP contribution in [0.2, 0.25) is 0 Å². The molecule has 3 heterocycles. The second kappa shape index (κ2) is 6.99. The summed E-state index contributed by atoms with van der Waals surface area (Å²) in [5, 5.41) is 7.96. The molecule has 0 unspecified atom stereocenters. The molecule has 144 valence electrons. The van der Waals surface area contributed by atoms with Crippen molar-refractivity contribution in [2.75, 3.05) is 18.4 Å². The number of piperidine rings is 1. The van der Waals surface area contributed by atoms with Crippen molar-refractivity contribution < 1.29 is 9.21 Å². The minimum Gasteiger partial charge on any atom is -0.460 e. The predicted molar refractivity (Wildman–Crippen MR) is 110 cm³/mol. The number of rotatable bonds is 2. The van der Waals surface area contributed by atoms with Crippen LogP contribution in [0.25, 0.3) is 11.0 Å². The van der Waals surface area contributed by atoms with Crippen LogP contribution in [0.4, 0.5) is 5.69 Å². The van der Waals surface area contributed by atoms with Crippen LogP contribution in [0, 0.1) is 0 Å². The number of carbonyl (C=O) groups excluding carboxylic acids is 1. The number of likely N-dealkylation sites (tertiary alicyclic amines) is 1. The lowest BCUT2D eigenvalue weighted by molar-refractivity contribution is -0.122. The van der Waals surface area contributed by atoms with Gasteiger partial charge in [0.15, 0.2) is 0 Å². The summed E-state index contributed by atoms with van der Waals surface area (Å²) < 4.78 is 5.99. The molecule has 2 aromatic carbocycles. The van der Waals surface area contributed by atoms with Gasteiger partial charge in [-0.25, -0.2) is 0 Å². The van der Waals surface area contributed by atoms with E-state index >= 15 is 0 Å². The van der Waals surface area contributed by atoms with Crippen molar-refractivity contribution in [1.82, 2.24) is 10.2 Å². The van der Waals surface area contributed by atoms with Crippen molar-refractivity contribution in [2.45, 2.75) is 37.9 Å². The van der Waals surface area contributed by atoms with Crippen molar-refractivity contribution in [1.29, 1.82) is 0 Å². The maximum Gasteiger partial charge on any atom is 0.222 e. The molecular weight excluding hydrogens is 350 g/mol. The smallest absolute Gasteiger partial charge is 0.222 e. The predicted octanol–water partition coefficient (Wildman–Crippen LogP) is 3.90. The fourth-order valence-corrected chi connectivity index (χ4v) is 4.47. The molecule has 0 radical (unpaired) electrons. The number of nitrogens with zero attached hydrogens (tertiary/aromatic N) is 1. The van der Waals surface area contributed by atoms with Crippen LogP contribution in [0.15, 0.2) is 59.0 Å². The van der Waals surface area contributed by atoms with Crippen LogP contribution in [0.1, 0.15) is 30.6 Å². The first kappa shape index (κ1) is 17.3. The number of furan rings is 1. The lowest BCUT2D eigenvalue weighted by Crippen LogP contribution is -2.52. The highest BCUT2D eigenvalue weighted by molar-refractivity contribution is 5.79. The molecular formula is C23H25N3O2. The van der Waals surface area contributed by atoms with E-state index in [9.17, 15) is 4.79 Å². The Morgan fingerprint density at radius 2 is 1.82 bits per heavy atom. The highest BCUT2D eigenvalue weighted by Gasteiger charge is 2.38. The number of anilines is 1. The summed E-state index contributed by atoms with van der Waals surface area (Å²) in [5.74, 6) is 1.14. The molecule has 0 atom stereocenters. The summed E-state index contributed by atoms with van der Waals surface area (Å²) in [4.78, 5) is 14.8. The van der Waals surface area contributed by atoms with Gasteiger partial charge in [0.2, 0.25) is 5.91 Å². The standard InChI is InChI=1S/C23H25N3O2/c27-22-14-23(25-20-7-3-1-6-18(20)15-24-22)9-11-26(12-10-23)16-19-13-17-5-2-4-8-21(17)28-19/h1-8,13,25H,9-12,14-16H2,(H,24,27). The fraction of sp³-hybridized carbons (Fsp3) is 0.348. The number of carbonyl (C=O) groups is 1. The summed E-state index contributed by atoms with van der Waals surface area (Å²) in [6.45, 7) is 3.29. The zero-order valence-corrected chi connectivity index (χ0v) is 15.9. The Labute approximate surface area is 164 Å². The van der Waals surface area contributed by atoms with Gasteiger partial charge in [-0.2, -0.15) is 0 Å². The van der Waals surface area contributed by atoms with Gasteiger partial charge in [-0.05, 0) is 36.6 Å². The van der Waals surface area contributed by atoms with Crippen LogP contribution in [0.3, 0.4) is 0 Å². The van der Waals surface area contributed by atoms with Crippen LogP contribution >= 0.6 is 0 Å². The molecule has 5 nitrogen and oxygen atoms in total. The molecule has 1 saturated heterocycles. The van der Waals surface area contributed by atoms with Crippen molar-refractivity contribution in [3.05, 3.63) is 65.9 Å². The highest BCUT2D eigenvalue weighted by atomic mass is 16.3. The third-order valence-corrected chi connectivity index (χ3v) is 6.06. The van der Waals surface area contributed by atoms with Gasteiger partial charge in [0.05, 0.1) is 6.54 Å². The molecule has 2 N–H and O–H groups in total. The summed E-state index contributed by atoms with van der Waals surface area (Å²) in [6.07, 6.45) is 2.41. The van der Waals surface area contributed by atoms with Gasteiger partial charge in [-0.3, -0.25) is 9.69 Å². The molecule has 2 aliphatic rings. The van der Waals surface area contributed by atoms with Gasteiger partial charge < -0.3 is 15.1 Å². The van der Waals surface area contributed by atoms with Gasteiger partial charge >= 0.3 is 0 Å². The van der Waals surface area contributed by atoms with Gasteiger partial charge in [-0.15, -0.1) is 0 Å². The minimum absolute atomic E-state index is 0.132. The van der Waals surface area contributed by atoms with E-state index in [0.717, 1.165) is 60.5 Å². The maximum absolute atomic E-state index is 12.4. The molecule has 28 heavy (non-hydrogen) atoms. The Hall–Kier alpha value is -2.79. The number of para-hydroxylation sites is 2. The summed E-state index contributed by atoms with van der Waals surface area (Å²) >= 11 is 0. The fourth-order valence-electron chi connectivity index (χ4n) is 4.47. The number of hydrogen-bond donors (Lipinski definition) is 2. The first-order valence-corrected chi connectivity index (χ1v) is 10.0. The Morgan fingerprint density at radius 3 is 2.68 bits per heavy atom. The summed E-state index contributed by atoms with van der Waals surface area (Å²) in [6, 6.07) is 18.6. The van der Waals surface area contributed by atoms with Crippen LogP contribution in [0.5, 0.6) is 0 Å². The molecule has 0 saturated carbocycles. The normalized spacial score (nSPS) is 19.5. The minimum atomic E-state index is -0.176. The number of nitrogens with one attached hydrogen (secondary N) is 2. The van der Waals surface area contributed by atoms with Gasteiger partial charge in [0.1, 0.15) is 11.3 Å². The van der Waals surface area contributed by atoms with E-state index in [1.807, 2.05) is 24.3 Å². The first-order valence-electron chi connectivity index (χ1n) is 10.0. The van der Waals surface area contributed by atoms with Crippen molar-refractivity contribution in [3.8, 4) is 0 Å². The Morgan fingerprint density at radius 1 is 1.04 bits per heavy atom. The SMILES string of the molecule is O=C1CC2(CCN(Cc3cc4ccccc4o3)CC2)Nc2ccccc2CN1. The van der Waals surface area contributed by atoms with Crippen LogP contribution < -0.4 is 10.6 Å². The van der Waals surface area contributed by atoms with E-state index < -0.39 is 0 Å². The monoisotopic (exact) mass is 375 g/mol.